The second-order valence-corrected chi connectivity index (χ2v) is 3.76. The molecule has 0 aliphatic rings. The summed E-state index contributed by atoms with van der Waals surface area (Å²) in [5.41, 5.74) is 0.580. The summed E-state index contributed by atoms with van der Waals surface area (Å²) in [5.74, 6) is -0.293. The van der Waals surface area contributed by atoms with Crippen molar-refractivity contribution >= 4 is 22.5 Å². The molecule has 80 valence electrons. The van der Waals surface area contributed by atoms with Crippen LogP contribution in [0.25, 0.3) is 10.9 Å². The zero-order valence-electron chi connectivity index (χ0n) is 8.34. The van der Waals surface area contributed by atoms with Gasteiger partial charge in [0.25, 0.3) is 0 Å². The highest BCUT2D eigenvalue weighted by Gasteiger charge is 2.07. The van der Waals surface area contributed by atoms with Gasteiger partial charge in [-0.3, -0.25) is 0 Å². The van der Waals surface area contributed by atoms with Crippen molar-refractivity contribution in [3.05, 3.63) is 35.2 Å². The first-order valence-electron chi connectivity index (χ1n) is 4.65. The van der Waals surface area contributed by atoms with Crippen molar-refractivity contribution in [2.24, 2.45) is 0 Å². The van der Waals surface area contributed by atoms with Gasteiger partial charge in [-0.25, -0.2) is 4.39 Å². The van der Waals surface area contributed by atoms with Crippen molar-refractivity contribution in [1.82, 2.24) is 4.57 Å². The highest BCUT2D eigenvalue weighted by Crippen LogP contribution is 2.23. The Balaban J connectivity index is 2.49. The van der Waals surface area contributed by atoms with E-state index in [2.05, 4.69) is 0 Å². The molecule has 15 heavy (non-hydrogen) atoms. The predicted molar refractivity (Wildman–Crippen MR) is 58.8 cm³/mol. The van der Waals surface area contributed by atoms with Gasteiger partial charge in [-0.2, -0.15) is 0 Å². The monoisotopic (exact) mass is 227 g/mol. The number of halogens is 2. The summed E-state index contributed by atoms with van der Waals surface area (Å²) < 4.78 is 20.4. The smallest absolute Gasteiger partial charge is 0.148 e. The minimum atomic E-state index is -0.293. The molecule has 0 saturated heterocycles. The third kappa shape index (κ3) is 1.98. The van der Waals surface area contributed by atoms with Crippen molar-refractivity contribution in [1.29, 1.82) is 0 Å². The molecular weight excluding hydrogens is 217 g/mol. The summed E-state index contributed by atoms with van der Waals surface area (Å²) >= 11 is 5.76. The first kappa shape index (κ1) is 10.5. The van der Waals surface area contributed by atoms with Crippen LogP contribution in [0, 0.1) is 5.82 Å². The van der Waals surface area contributed by atoms with Crippen LogP contribution in [0.2, 0.25) is 5.02 Å². The molecule has 4 heteroatoms. The summed E-state index contributed by atoms with van der Waals surface area (Å²) in [6.07, 6.45) is 1.84. The van der Waals surface area contributed by atoms with Gasteiger partial charge in [0.15, 0.2) is 0 Å². The Morgan fingerprint density at radius 2 is 2.27 bits per heavy atom. The third-order valence-corrected chi connectivity index (χ3v) is 2.53. The highest BCUT2D eigenvalue weighted by atomic mass is 35.5. The fourth-order valence-corrected chi connectivity index (χ4v) is 1.85. The molecule has 0 atom stereocenters. The van der Waals surface area contributed by atoms with Crippen molar-refractivity contribution in [2.45, 2.75) is 6.54 Å². The number of aromatic nitrogens is 1. The number of hydrogen-bond donors (Lipinski definition) is 0. The normalized spacial score (nSPS) is 11.1. The van der Waals surface area contributed by atoms with Crippen molar-refractivity contribution in [3.63, 3.8) is 0 Å². The Kier molecular flexibility index (Phi) is 2.93. The summed E-state index contributed by atoms with van der Waals surface area (Å²) in [5, 5.41) is 1.24. The molecule has 1 heterocycles. The molecule has 2 aromatic rings. The quantitative estimate of drug-likeness (QED) is 0.786. The Morgan fingerprint density at radius 1 is 1.47 bits per heavy atom. The number of methoxy groups -OCH3 is 1. The van der Waals surface area contributed by atoms with E-state index < -0.39 is 0 Å². The molecular formula is C11H11ClFNO. The number of rotatable bonds is 3. The number of fused-ring (bicyclic) bond motifs is 1. The van der Waals surface area contributed by atoms with E-state index in [9.17, 15) is 4.39 Å². The van der Waals surface area contributed by atoms with Gasteiger partial charge in [-0.05, 0) is 18.2 Å². The lowest BCUT2D eigenvalue weighted by Gasteiger charge is -2.05. The Bertz CT molecular complexity index is 481. The van der Waals surface area contributed by atoms with Crippen molar-refractivity contribution in [3.8, 4) is 0 Å². The fraction of sp³-hybridized carbons (Fsp3) is 0.273. The van der Waals surface area contributed by atoms with Gasteiger partial charge < -0.3 is 9.30 Å². The number of benzene rings is 1. The summed E-state index contributed by atoms with van der Waals surface area (Å²) in [7, 11) is 1.62. The Hall–Kier alpha value is -1.06. The van der Waals surface area contributed by atoms with E-state index in [1.54, 1.807) is 13.2 Å². The van der Waals surface area contributed by atoms with Crippen LogP contribution in [-0.4, -0.2) is 18.3 Å². The third-order valence-electron chi connectivity index (χ3n) is 2.32. The molecule has 0 unspecified atom stereocenters. The molecule has 0 spiro atoms. The van der Waals surface area contributed by atoms with E-state index in [1.165, 1.54) is 6.07 Å². The summed E-state index contributed by atoms with van der Waals surface area (Å²) in [4.78, 5) is 0. The van der Waals surface area contributed by atoms with E-state index >= 15 is 0 Å². The van der Waals surface area contributed by atoms with E-state index in [4.69, 9.17) is 16.3 Å². The van der Waals surface area contributed by atoms with Crippen LogP contribution in [0.4, 0.5) is 4.39 Å². The average molecular weight is 228 g/mol. The summed E-state index contributed by atoms with van der Waals surface area (Å²) in [6, 6.07) is 4.93. The number of ether oxygens (including phenoxy) is 1. The first-order valence-corrected chi connectivity index (χ1v) is 5.03. The minimum absolute atomic E-state index is 0.293. The molecule has 2 rings (SSSR count). The van der Waals surface area contributed by atoms with Gasteiger partial charge in [0.1, 0.15) is 5.82 Å². The van der Waals surface area contributed by atoms with Gasteiger partial charge in [-0.15, -0.1) is 0 Å². The minimum Gasteiger partial charge on any atom is -0.383 e. The van der Waals surface area contributed by atoms with Gasteiger partial charge in [-0.1, -0.05) is 11.6 Å². The molecule has 0 radical (unpaired) electrons. The fourth-order valence-electron chi connectivity index (χ4n) is 1.64. The molecule has 0 fully saturated rings. The van der Waals surface area contributed by atoms with Gasteiger partial charge in [0.05, 0.1) is 12.1 Å². The molecule has 0 aliphatic carbocycles. The van der Waals surface area contributed by atoms with Crippen LogP contribution in [0.15, 0.2) is 24.4 Å². The SMILES string of the molecule is COCCn1ccc2cc(Cl)cc(F)c21. The van der Waals surface area contributed by atoms with Crippen LogP contribution in [0.5, 0.6) is 0 Å². The van der Waals surface area contributed by atoms with Crippen LogP contribution in [0.1, 0.15) is 0 Å². The molecule has 1 aromatic carbocycles. The summed E-state index contributed by atoms with van der Waals surface area (Å²) in [6.45, 7) is 1.20. The second-order valence-electron chi connectivity index (χ2n) is 3.33. The largest absolute Gasteiger partial charge is 0.383 e. The maximum atomic E-state index is 13.6. The van der Waals surface area contributed by atoms with E-state index in [1.807, 2.05) is 16.8 Å². The molecule has 2 nitrogen and oxygen atoms in total. The second kappa shape index (κ2) is 4.21. The van der Waals surface area contributed by atoms with E-state index in [0.717, 1.165) is 5.39 Å². The van der Waals surface area contributed by atoms with E-state index in [-0.39, 0.29) is 5.82 Å². The predicted octanol–water partition coefficient (Wildman–Crippen LogP) is 3.08. The molecule has 1 aromatic heterocycles. The maximum absolute atomic E-state index is 13.6. The number of hydrogen-bond acceptors (Lipinski definition) is 1. The molecule has 0 aliphatic heterocycles. The Labute approximate surface area is 92.2 Å². The zero-order valence-corrected chi connectivity index (χ0v) is 9.09. The highest BCUT2D eigenvalue weighted by molar-refractivity contribution is 6.31. The van der Waals surface area contributed by atoms with E-state index in [0.29, 0.717) is 23.7 Å². The molecule has 0 amide bonds. The van der Waals surface area contributed by atoms with Crippen molar-refractivity contribution in [2.75, 3.05) is 13.7 Å². The topological polar surface area (TPSA) is 14.2 Å². The van der Waals surface area contributed by atoms with Crippen LogP contribution in [-0.2, 0) is 11.3 Å². The Morgan fingerprint density at radius 3 is 3.00 bits per heavy atom. The van der Waals surface area contributed by atoms with Crippen LogP contribution < -0.4 is 0 Å². The van der Waals surface area contributed by atoms with Gasteiger partial charge in [0.2, 0.25) is 0 Å². The standard InChI is InChI=1S/C11H11ClFNO/c1-15-5-4-14-3-2-8-6-9(12)7-10(13)11(8)14/h2-3,6-7H,4-5H2,1H3. The molecule has 0 bridgehead atoms. The van der Waals surface area contributed by atoms with Crippen LogP contribution >= 0.6 is 11.6 Å². The molecule has 0 saturated carbocycles. The lowest BCUT2D eigenvalue weighted by molar-refractivity contribution is 0.188. The first-order chi connectivity index (χ1) is 7.22. The average Bonchev–Trinajstić information content (AvgIpc) is 2.58. The lowest BCUT2D eigenvalue weighted by Crippen LogP contribution is -2.03. The van der Waals surface area contributed by atoms with Crippen LogP contribution in [0.3, 0.4) is 0 Å². The lowest BCUT2D eigenvalue weighted by atomic mass is 10.2. The number of nitrogens with zero attached hydrogens (tertiary/aromatic N) is 1. The maximum Gasteiger partial charge on any atom is 0.148 e. The molecule has 0 N–H and O–H groups in total. The zero-order chi connectivity index (χ0) is 10.8. The van der Waals surface area contributed by atoms with Crippen molar-refractivity contribution < 1.29 is 9.13 Å². The van der Waals surface area contributed by atoms with Gasteiger partial charge in [0, 0.05) is 30.3 Å². The van der Waals surface area contributed by atoms with Gasteiger partial charge >= 0.3 is 0 Å².